The van der Waals surface area contributed by atoms with Crippen molar-refractivity contribution in [2.45, 2.75) is 125 Å². The van der Waals surface area contributed by atoms with Crippen molar-refractivity contribution in [3.63, 3.8) is 0 Å². The van der Waals surface area contributed by atoms with Crippen LogP contribution in [0.2, 0.25) is 15.1 Å². The molecule has 19 nitrogen and oxygen atoms in total. The van der Waals surface area contributed by atoms with Crippen LogP contribution < -0.4 is 36.4 Å². The van der Waals surface area contributed by atoms with E-state index in [1.807, 2.05) is 55.5 Å². The zero-order valence-corrected chi connectivity index (χ0v) is 71.7. The number of aromatic amines is 4. The molecule has 6 aliphatic rings. The van der Waals surface area contributed by atoms with Crippen molar-refractivity contribution in [1.82, 2.24) is 19.9 Å². The fourth-order valence-corrected chi connectivity index (χ4v) is 22.1. The third-order valence-electron chi connectivity index (χ3n) is 23.6. The molecule has 4 aromatic heterocycles. The highest BCUT2D eigenvalue weighted by Gasteiger charge is 2.57. The fourth-order valence-electron chi connectivity index (χ4n) is 17.6. The first-order valence-electron chi connectivity index (χ1n) is 39.7. The van der Waals surface area contributed by atoms with Gasteiger partial charge in [0.25, 0.3) is 32.4 Å². The van der Waals surface area contributed by atoms with Crippen LogP contribution in [0.25, 0.3) is 0 Å². The topological polar surface area (TPSA) is 264 Å². The Hall–Kier alpha value is -9.37. The average molecular weight is 1820 g/mol. The molecule has 11 aromatic rings. The minimum Gasteiger partial charge on any atom is -0.490 e. The van der Waals surface area contributed by atoms with Crippen LogP contribution in [0.15, 0.2) is 246 Å². The van der Waals surface area contributed by atoms with Gasteiger partial charge in [0.1, 0.15) is 22.3 Å². The van der Waals surface area contributed by atoms with Crippen molar-refractivity contribution in [2.24, 2.45) is 17.8 Å². The first kappa shape index (κ1) is 89.9. The second-order valence-corrected chi connectivity index (χ2v) is 38.0. The molecular weight excluding hydrogens is 1740 g/mol. The second-order valence-electron chi connectivity index (χ2n) is 30.8. The highest BCUT2D eigenvalue weighted by atomic mass is 35.5. The molecule has 0 bridgehead atoms. The van der Waals surface area contributed by atoms with Gasteiger partial charge in [0, 0.05) is 127 Å². The summed E-state index contributed by atoms with van der Waals surface area (Å²) in [4.78, 5) is 58.1. The number of benzene rings is 7. The van der Waals surface area contributed by atoms with Gasteiger partial charge in [-0.15, -0.1) is 23.5 Å². The number of nitrogens with one attached hydrogen (secondary N) is 4. The van der Waals surface area contributed by atoms with Crippen molar-refractivity contribution in [3.8, 4) is 17.2 Å². The van der Waals surface area contributed by atoms with Crippen LogP contribution >= 0.6 is 58.3 Å². The first-order valence-corrected chi connectivity index (χ1v) is 45.9. The van der Waals surface area contributed by atoms with Gasteiger partial charge >= 0.3 is 0 Å². The molecule has 0 spiro atoms. The standard InChI is InChI=1S/C28H27ClF2O5S.C26H24ClF2NO5S.C26H24ClF2NO3S.C11H10N2O2S/c1-18-2-8-21(9-3-18)37(32,33)36-14-12-25-22-17-35-27-24(31)11-10-23(30)26(27)28(22,13-15-34-25)16-19-4-6-20(29)7-5-19;27-17-5-3-16(4-6-17)14-26-10-12-34-21(9-13-36(32,33)22-2-1-11-30-25(22)31)18(26)15-35-24-20(29)8-7-19(28)23(24)26;27-17-5-3-16(4-6-17)14-26-10-12-32-21(9-13-34-22-2-1-11-30-25(22)31)18(26)15-33-24-20(29)8-7-19(28)23(24)26;14-10-8(3-1-5-12-10)7-16-9-4-2-6-13-11(9)15/h2-11,22,25H,12-17H2,1H3;1-8,11,18,21H,9-10,12-15H2,(H,30,31);1-8,11,18,21H,9-10,12-15H2,(H,30,31);1-6H,7H2,(H,12,14)(H,13,15)/t22-,25-,28-;2*18-,21-,26-;/m000./s1. The molecule has 4 N–H and O–H groups in total. The Morgan fingerprint density at radius 2 is 0.805 bits per heavy atom. The monoisotopic (exact) mass is 1820 g/mol. The number of hydrogen-bond donors (Lipinski definition) is 4. The van der Waals surface area contributed by atoms with Crippen molar-refractivity contribution < 1.29 is 75.8 Å². The number of ether oxygens (including phenoxy) is 6. The van der Waals surface area contributed by atoms with E-state index < -0.39 is 94.8 Å². The smallest absolute Gasteiger partial charge is 0.296 e. The highest BCUT2D eigenvalue weighted by molar-refractivity contribution is 7.99. The first-order chi connectivity index (χ1) is 59.1. The van der Waals surface area contributed by atoms with Crippen LogP contribution in [0.5, 0.6) is 17.2 Å². The van der Waals surface area contributed by atoms with E-state index in [1.54, 1.807) is 91.4 Å². The summed E-state index contributed by atoms with van der Waals surface area (Å²) in [7, 11) is -7.85. The minimum absolute atomic E-state index is 0.0102. The van der Waals surface area contributed by atoms with Gasteiger partial charge in [0.15, 0.2) is 44.5 Å². The summed E-state index contributed by atoms with van der Waals surface area (Å²) in [6.07, 6.45) is 8.53. The number of H-pyrrole nitrogens is 4. The molecule has 3 saturated heterocycles. The molecule has 0 aliphatic carbocycles. The van der Waals surface area contributed by atoms with Gasteiger partial charge in [0.2, 0.25) is 0 Å². The summed E-state index contributed by atoms with van der Waals surface area (Å²) in [5.41, 5.74) is 1.65. The van der Waals surface area contributed by atoms with E-state index in [4.69, 9.17) is 67.4 Å². The van der Waals surface area contributed by atoms with Crippen molar-refractivity contribution >= 4 is 78.3 Å². The van der Waals surface area contributed by atoms with E-state index in [1.165, 1.54) is 60.1 Å². The molecule has 646 valence electrons. The lowest BCUT2D eigenvalue weighted by atomic mass is 9.60. The lowest BCUT2D eigenvalue weighted by Gasteiger charge is -2.51. The van der Waals surface area contributed by atoms with Crippen molar-refractivity contribution in [2.75, 3.05) is 57.8 Å². The second kappa shape index (κ2) is 39.4. The van der Waals surface area contributed by atoms with Gasteiger partial charge in [-0.2, -0.15) is 8.42 Å². The molecule has 123 heavy (non-hydrogen) atoms. The quantitative estimate of drug-likeness (QED) is 0.0279. The van der Waals surface area contributed by atoms with Gasteiger partial charge in [-0.1, -0.05) is 95.0 Å². The van der Waals surface area contributed by atoms with E-state index in [2.05, 4.69) is 19.9 Å². The Kier molecular flexibility index (Phi) is 28.8. The number of hydrogen-bond acceptors (Lipinski definition) is 17. The summed E-state index contributed by atoms with van der Waals surface area (Å²) in [6, 6.07) is 48.3. The number of thioether (sulfide) groups is 2. The molecule has 9 atom stereocenters. The number of rotatable bonds is 22. The normalized spacial score (nSPS) is 21.7. The Morgan fingerprint density at radius 1 is 0.431 bits per heavy atom. The van der Waals surface area contributed by atoms with E-state index in [9.17, 15) is 49.2 Å². The molecule has 32 heteroatoms. The number of pyridine rings is 4. The largest absolute Gasteiger partial charge is 0.490 e. The third-order valence-corrected chi connectivity index (χ3v) is 29.6. The number of fused-ring (bicyclic) bond motifs is 9. The van der Waals surface area contributed by atoms with Gasteiger partial charge in [-0.3, -0.25) is 23.4 Å². The zero-order chi connectivity index (χ0) is 86.8. The molecule has 7 aromatic carbocycles. The lowest BCUT2D eigenvalue weighted by Crippen LogP contribution is -2.55. The number of aromatic nitrogens is 4. The Morgan fingerprint density at radius 3 is 1.22 bits per heavy atom. The van der Waals surface area contributed by atoms with Crippen molar-refractivity contribution in [1.29, 1.82) is 0 Å². The van der Waals surface area contributed by atoms with Crippen LogP contribution in [0.4, 0.5) is 26.3 Å². The molecule has 0 unspecified atom stereocenters. The van der Waals surface area contributed by atoms with Crippen LogP contribution in [0, 0.1) is 59.6 Å². The molecule has 0 amide bonds. The minimum atomic E-state index is -3.94. The van der Waals surface area contributed by atoms with Gasteiger partial charge in [0.05, 0.1) is 65.2 Å². The summed E-state index contributed by atoms with van der Waals surface area (Å²) < 4.78 is 182. The number of sulfone groups is 1. The molecular formula is C91H85Cl3F6N4O15S4. The van der Waals surface area contributed by atoms with Crippen LogP contribution in [-0.4, -0.2) is 113 Å². The predicted molar refractivity (Wildman–Crippen MR) is 458 cm³/mol. The fraction of sp³-hybridized carbons (Fsp3) is 0.319. The maximum Gasteiger partial charge on any atom is 0.296 e. The lowest BCUT2D eigenvalue weighted by molar-refractivity contribution is -0.102. The maximum atomic E-state index is 15.4. The van der Waals surface area contributed by atoms with Crippen LogP contribution in [0.3, 0.4) is 0 Å². The molecule has 3 fully saturated rings. The summed E-state index contributed by atoms with van der Waals surface area (Å²) in [5.74, 6) is -3.70. The van der Waals surface area contributed by atoms with Gasteiger partial charge < -0.3 is 48.4 Å². The summed E-state index contributed by atoms with van der Waals surface area (Å²) >= 11 is 21.0. The van der Waals surface area contributed by atoms with Gasteiger partial charge in [-0.25, -0.2) is 34.8 Å². The number of halogens is 9. The maximum absolute atomic E-state index is 15.4. The Bertz CT molecular complexity index is 6030. The molecule has 10 heterocycles. The Labute approximate surface area is 728 Å². The van der Waals surface area contributed by atoms with Crippen molar-refractivity contribution in [3.05, 3.63) is 343 Å². The third kappa shape index (κ3) is 20.3. The van der Waals surface area contributed by atoms with Crippen LogP contribution in [0.1, 0.15) is 83.0 Å². The van der Waals surface area contributed by atoms with E-state index in [-0.39, 0.29) is 124 Å². The SMILES string of the molecule is Cc1ccc(S(=O)(=O)OCC[C@@H]2OCC[C@@]3(Cc4ccc(Cl)cc4)c4c(F)ccc(F)c4OC[C@@H]23)cc1.O=c1[nH]cccc1CSc1ccc[nH]c1=O.O=c1[nH]cccc1S(=O)(=O)CC[C@@H]1OCC[C@@]2(Cc3ccc(Cl)cc3)c3c(F)ccc(F)c3OC[C@@H]12.O=c1[nH]cccc1SCC[C@@H]1OCC[C@@]2(Cc3ccc(Cl)cc3)c3c(F)ccc(F)c3OC[C@@H]12. The molecule has 0 saturated carbocycles. The Balaban J connectivity index is 0.000000138. The predicted octanol–water partition coefficient (Wildman–Crippen LogP) is 17.6. The van der Waals surface area contributed by atoms with Crippen LogP contribution in [-0.2, 0) is 79.6 Å². The summed E-state index contributed by atoms with van der Waals surface area (Å²) in [5, 5.41) is 1.77. The van der Waals surface area contributed by atoms with E-state index in [0.717, 1.165) is 52.6 Å². The summed E-state index contributed by atoms with van der Waals surface area (Å²) in [6.45, 7) is 3.10. The zero-order valence-electron chi connectivity index (χ0n) is 66.2. The highest BCUT2D eigenvalue weighted by Crippen LogP contribution is 2.57. The molecule has 6 aliphatic heterocycles. The molecule has 0 radical (unpaired) electrons. The van der Waals surface area contributed by atoms with E-state index >= 15 is 13.2 Å². The van der Waals surface area contributed by atoms with Gasteiger partial charge in [-0.05, 0) is 209 Å². The number of aryl methyl sites for hydroxylation is 1. The van der Waals surface area contributed by atoms with E-state index in [0.29, 0.717) is 106 Å². The molecule has 17 rings (SSSR count). The average Bonchev–Trinajstić information content (AvgIpc) is 0.731.